The molecule has 25 heavy (non-hydrogen) atoms. The maximum absolute atomic E-state index is 10.6. The molecule has 0 aromatic carbocycles. The van der Waals surface area contributed by atoms with E-state index in [0.29, 0.717) is 24.0 Å². The molecule has 142 valence electrons. The fourth-order valence-electron chi connectivity index (χ4n) is 4.56. The van der Waals surface area contributed by atoms with Crippen molar-refractivity contribution in [3.8, 4) is 0 Å². The number of rotatable bonds is 10. The maximum Gasteiger partial charge on any atom is 0.303 e. The monoisotopic (exact) mass is 350 g/mol. The van der Waals surface area contributed by atoms with Gasteiger partial charge >= 0.3 is 5.97 Å². The predicted octanol–water partition coefficient (Wildman–Crippen LogP) is 4.99. The molecule has 0 aromatic rings. The first-order chi connectivity index (χ1) is 12.0. The van der Waals surface area contributed by atoms with Gasteiger partial charge in [0.1, 0.15) is 0 Å². The number of fused-ring (bicyclic) bond motifs is 1. The van der Waals surface area contributed by atoms with Gasteiger partial charge in [-0.25, -0.2) is 0 Å². The molecular weight excluding hydrogens is 316 g/mol. The minimum atomic E-state index is -0.737. The molecule has 0 radical (unpaired) electrons. The Morgan fingerprint density at radius 2 is 1.92 bits per heavy atom. The third kappa shape index (κ3) is 5.88. The maximum atomic E-state index is 10.6. The number of hydrogen-bond donors (Lipinski definition) is 3. The normalized spacial score (nSPS) is 30.8. The van der Waals surface area contributed by atoms with Gasteiger partial charge in [0.25, 0.3) is 0 Å². The van der Waals surface area contributed by atoms with Crippen LogP contribution in [0.15, 0.2) is 23.5 Å². The summed E-state index contributed by atoms with van der Waals surface area (Å²) in [5, 5.41) is 29.6. The Kier molecular flexibility index (Phi) is 8.01. The van der Waals surface area contributed by atoms with E-state index in [0.717, 1.165) is 38.5 Å². The Morgan fingerprint density at radius 3 is 2.64 bits per heavy atom. The number of unbranched alkanes of at least 4 members (excludes halogenated alkanes) is 5. The summed E-state index contributed by atoms with van der Waals surface area (Å²) in [6.07, 6.45) is 13.8. The van der Waals surface area contributed by atoms with Crippen molar-refractivity contribution in [2.45, 2.75) is 83.7 Å². The van der Waals surface area contributed by atoms with Crippen molar-refractivity contribution < 1.29 is 20.1 Å². The SMILES string of the molecule is CCCCCCC=C(O)[C@H]1[C@@H]2C/C(=C\CCCC(=O)O)C[C@H]2C[C@@H]1O. The summed E-state index contributed by atoms with van der Waals surface area (Å²) in [6, 6.07) is 0. The first-order valence-electron chi connectivity index (χ1n) is 9.99. The lowest BCUT2D eigenvalue weighted by atomic mass is 9.89. The molecule has 4 atom stereocenters. The molecule has 2 saturated carbocycles. The zero-order chi connectivity index (χ0) is 18.2. The van der Waals surface area contributed by atoms with Gasteiger partial charge in [0.15, 0.2) is 0 Å². The molecule has 0 saturated heterocycles. The van der Waals surface area contributed by atoms with Gasteiger partial charge in [0.2, 0.25) is 0 Å². The molecule has 2 rings (SSSR count). The smallest absolute Gasteiger partial charge is 0.303 e. The predicted molar refractivity (Wildman–Crippen MR) is 99.4 cm³/mol. The van der Waals surface area contributed by atoms with E-state index in [4.69, 9.17) is 5.11 Å². The molecule has 0 heterocycles. The molecule has 2 fully saturated rings. The number of aliphatic hydroxyl groups is 2. The second-order valence-corrected chi connectivity index (χ2v) is 7.79. The van der Waals surface area contributed by atoms with Gasteiger partial charge in [0.05, 0.1) is 11.9 Å². The molecule has 4 heteroatoms. The Bertz CT molecular complexity index is 494. The van der Waals surface area contributed by atoms with E-state index in [-0.39, 0.29) is 12.3 Å². The highest BCUT2D eigenvalue weighted by molar-refractivity contribution is 5.66. The van der Waals surface area contributed by atoms with Crippen LogP contribution < -0.4 is 0 Å². The third-order valence-electron chi connectivity index (χ3n) is 5.83. The van der Waals surface area contributed by atoms with Crippen LogP contribution in [-0.4, -0.2) is 27.4 Å². The van der Waals surface area contributed by atoms with Gasteiger partial charge in [-0.05, 0) is 62.9 Å². The molecule has 2 aliphatic carbocycles. The summed E-state index contributed by atoms with van der Waals surface area (Å²) in [7, 11) is 0. The van der Waals surface area contributed by atoms with Crippen LogP contribution in [0.4, 0.5) is 0 Å². The Balaban J connectivity index is 1.85. The summed E-state index contributed by atoms with van der Waals surface area (Å²) in [6.45, 7) is 2.19. The fraction of sp³-hybridized carbons (Fsp3) is 0.762. The van der Waals surface area contributed by atoms with E-state index < -0.39 is 12.1 Å². The first kappa shape index (κ1) is 20.0. The van der Waals surface area contributed by atoms with Gasteiger partial charge in [-0.1, -0.05) is 37.8 Å². The number of carboxylic acid groups (broad SMARTS) is 1. The number of aliphatic hydroxyl groups excluding tert-OH is 2. The van der Waals surface area contributed by atoms with Gasteiger partial charge in [0, 0.05) is 12.3 Å². The zero-order valence-electron chi connectivity index (χ0n) is 15.5. The molecule has 0 aromatic heterocycles. The Labute approximate surface area is 151 Å². The van der Waals surface area contributed by atoms with Crippen molar-refractivity contribution in [3.05, 3.63) is 23.5 Å². The number of carbonyl (C=O) groups is 1. The minimum Gasteiger partial charge on any atom is -0.512 e. The molecular formula is C21H34O4. The highest BCUT2D eigenvalue weighted by Gasteiger charge is 2.47. The summed E-state index contributed by atoms with van der Waals surface area (Å²) in [4.78, 5) is 10.6. The van der Waals surface area contributed by atoms with E-state index in [2.05, 4.69) is 13.0 Å². The van der Waals surface area contributed by atoms with Gasteiger partial charge in [-0.2, -0.15) is 0 Å². The van der Waals surface area contributed by atoms with E-state index in [1.54, 1.807) is 0 Å². The summed E-state index contributed by atoms with van der Waals surface area (Å²) in [5.41, 5.74) is 1.38. The number of aliphatic carboxylic acids is 1. The molecule has 0 unspecified atom stereocenters. The lowest BCUT2D eigenvalue weighted by molar-refractivity contribution is -0.137. The summed E-state index contributed by atoms with van der Waals surface area (Å²) in [5.74, 6) is 0.345. The van der Waals surface area contributed by atoms with E-state index >= 15 is 0 Å². The lowest BCUT2D eigenvalue weighted by Gasteiger charge is -2.20. The molecule has 0 aliphatic heterocycles. The molecule has 0 spiro atoms. The van der Waals surface area contributed by atoms with Crippen molar-refractivity contribution in [3.63, 3.8) is 0 Å². The number of hydrogen-bond acceptors (Lipinski definition) is 3. The second-order valence-electron chi connectivity index (χ2n) is 7.79. The van der Waals surface area contributed by atoms with Crippen LogP contribution in [0.1, 0.15) is 77.6 Å². The van der Waals surface area contributed by atoms with Crippen LogP contribution in [-0.2, 0) is 4.79 Å². The molecule has 0 amide bonds. The van der Waals surface area contributed by atoms with Gasteiger partial charge < -0.3 is 15.3 Å². The van der Waals surface area contributed by atoms with Crippen LogP contribution in [0.2, 0.25) is 0 Å². The first-order valence-corrected chi connectivity index (χ1v) is 9.99. The van der Waals surface area contributed by atoms with Crippen LogP contribution in [0.3, 0.4) is 0 Å². The molecule has 2 aliphatic rings. The van der Waals surface area contributed by atoms with Crippen molar-refractivity contribution in [2.75, 3.05) is 0 Å². The second kappa shape index (κ2) is 10.0. The van der Waals surface area contributed by atoms with Crippen molar-refractivity contribution in [1.82, 2.24) is 0 Å². The van der Waals surface area contributed by atoms with Crippen LogP contribution in [0.25, 0.3) is 0 Å². The molecule has 3 N–H and O–H groups in total. The fourth-order valence-corrected chi connectivity index (χ4v) is 4.56. The minimum absolute atomic E-state index is 0.110. The van der Waals surface area contributed by atoms with E-state index in [9.17, 15) is 15.0 Å². The molecule has 4 nitrogen and oxygen atoms in total. The quantitative estimate of drug-likeness (QED) is 0.295. The largest absolute Gasteiger partial charge is 0.512 e. The number of carboxylic acids is 1. The van der Waals surface area contributed by atoms with Gasteiger partial charge in [-0.15, -0.1) is 0 Å². The highest BCUT2D eigenvalue weighted by atomic mass is 16.4. The summed E-state index contributed by atoms with van der Waals surface area (Å²) < 4.78 is 0. The Morgan fingerprint density at radius 1 is 1.12 bits per heavy atom. The number of allylic oxidation sites excluding steroid dienone is 3. The topological polar surface area (TPSA) is 77.8 Å². The zero-order valence-corrected chi connectivity index (χ0v) is 15.5. The van der Waals surface area contributed by atoms with Crippen molar-refractivity contribution in [1.29, 1.82) is 0 Å². The van der Waals surface area contributed by atoms with Crippen molar-refractivity contribution in [2.24, 2.45) is 17.8 Å². The van der Waals surface area contributed by atoms with Crippen LogP contribution >= 0.6 is 0 Å². The van der Waals surface area contributed by atoms with Crippen LogP contribution in [0.5, 0.6) is 0 Å². The van der Waals surface area contributed by atoms with E-state index in [1.165, 1.54) is 24.8 Å². The highest BCUT2D eigenvalue weighted by Crippen LogP contribution is 2.51. The molecule has 0 bridgehead atoms. The standard InChI is InChI=1S/C21H34O4/c1-2-3-4-5-6-10-18(22)21-17-13-15(9-7-8-11-20(24)25)12-16(17)14-19(21)23/h9-10,16-17,19,21-23H,2-8,11-14H2,1H3,(H,24,25)/b15-9-,18-10?/t16-,17+,19-,21+/m0/s1. The average molecular weight is 350 g/mol. The average Bonchev–Trinajstić information content (AvgIpc) is 3.06. The van der Waals surface area contributed by atoms with E-state index in [1.807, 2.05) is 6.08 Å². The third-order valence-corrected chi connectivity index (χ3v) is 5.83. The van der Waals surface area contributed by atoms with Gasteiger partial charge in [-0.3, -0.25) is 4.79 Å². The lowest BCUT2D eigenvalue weighted by Crippen LogP contribution is -2.21. The summed E-state index contributed by atoms with van der Waals surface area (Å²) >= 11 is 0. The van der Waals surface area contributed by atoms with Crippen molar-refractivity contribution >= 4 is 5.97 Å². The Hall–Kier alpha value is -1.29. The van der Waals surface area contributed by atoms with Crippen LogP contribution in [0, 0.1) is 17.8 Å².